The highest BCUT2D eigenvalue weighted by Gasteiger charge is 2.32. The summed E-state index contributed by atoms with van der Waals surface area (Å²) in [6.45, 7) is 1.48. The molecule has 1 amide bonds. The molecule has 1 aliphatic rings. The van der Waals surface area contributed by atoms with Crippen molar-refractivity contribution in [2.24, 2.45) is 11.1 Å². The number of nitrogens with zero attached hydrogens (tertiary/aromatic N) is 1. The Balaban J connectivity index is 1.96. The Morgan fingerprint density at radius 2 is 2.00 bits per heavy atom. The number of anilines is 1. The van der Waals surface area contributed by atoms with Gasteiger partial charge in [0.1, 0.15) is 0 Å². The number of nitrogens with one attached hydrogen (secondary N) is 1. The summed E-state index contributed by atoms with van der Waals surface area (Å²) in [7, 11) is 4.08. The highest BCUT2D eigenvalue weighted by Crippen LogP contribution is 2.38. The van der Waals surface area contributed by atoms with Gasteiger partial charge in [0.05, 0.1) is 0 Å². The van der Waals surface area contributed by atoms with Gasteiger partial charge in [-0.25, -0.2) is 0 Å². The third kappa shape index (κ3) is 4.82. The number of carbonyl (C=O) groups excluding carboxylic acids is 1. The van der Waals surface area contributed by atoms with Crippen molar-refractivity contribution in [1.82, 2.24) is 4.90 Å². The molecule has 4 heteroatoms. The van der Waals surface area contributed by atoms with Gasteiger partial charge in [0, 0.05) is 18.7 Å². The van der Waals surface area contributed by atoms with Crippen LogP contribution < -0.4 is 11.1 Å². The fraction of sp³-hybridized carbons (Fsp3) is 0.611. The first-order valence-corrected chi connectivity index (χ1v) is 8.27. The van der Waals surface area contributed by atoms with Crippen molar-refractivity contribution in [3.05, 3.63) is 29.8 Å². The van der Waals surface area contributed by atoms with Crippen LogP contribution in [0.4, 0.5) is 5.69 Å². The molecular weight excluding hydrogens is 274 g/mol. The molecular formula is C18H29N3O. The summed E-state index contributed by atoms with van der Waals surface area (Å²) in [5, 5.41) is 3.05. The third-order valence-corrected chi connectivity index (χ3v) is 4.59. The first kappa shape index (κ1) is 17.0. The summed E-state index contributed by atoms with van der Waals surface area (Å²) in [6.07, 6.45) is 6.37. The van der Waals surface area contributed by atoms with E-state index >= 15 is 0 Å². The average molecular weight is 303 g/mol. The van der Waals surface area contributed by atoms with Crippen molar-refractivity contribution in [2.45, 2.75) is 45.1 Å². The lowest BCUT2D eigenvalue weighted by molar-refractivity contribution is -0.118. The molecule has 22 heavy (non-hydrogen) atoms. The minimum absolute atomic E-state index is 0.0174. The number of hydrogen-bond acceptors (Lipinski definition) is 3. The van der Waals surface area contributed by atoms with E-state index in [1.807, 2.05) is 32.3 Å². The molecule has 2 rings (SSSR count). The highest BCUT2D eigenvalue weighted by molar-refractivity contribution is 5.91. The second-order valence-corrected chi connectivity index (χ2v) is 6.93. The van der Waals surface area contributed by atoms with Gasteiger partial charge in [-0.1, -0.05) is 31.4 Å². The maximum absolute atomic E-state index is 12.4. The number of rotatable bonds is 6. The maximum atomic E-state index is 12.4. The van der Waals surface area contributed by atoms with Gasteiger partial charge in [-0.2, -0.15) is 0 Å². The van der Waals surface area contributed by atoms with Crippen molar-refractivity contribution in [1.29, 1.82) is 0 Å². The molecule has 0 atom stereocenters. The Bertz CT molecular complexity index is 493. The van der Waals surface area contributed by atoms with E-state index < -0.39 is 0 Å². The van der Waals surface area contributed by atoms with E-state index in [1.54, 1.807) is 0 Å². The predicted octanol–water partition coefficient (Wildman–Crippen LogP) is 2.99. The van der Waals surface area contributed by atoms with Crippen molar-refractivity contribution < 1.29 is 4.79 Å². The van der Waals surface area contributed by atoms with E-state index in [1.165, 1.54) is 24.8 Å². The smallest absolute Gasteiger partial charge is 0.224 e. The van der Waals surface area contributed by atoms with Crippen LogP contribution in [0.3, 0.4) is 0 Å². The fourth-order valence-electron chi connectivity index (χ4n) is 3.41. The van der Waals surface area contributed by atoms with Gasteiger partial charge in [-0.3, -0.25) is 4.79 Å². The van der Waals surface area contributed by atoms with E-state index in [4.69, 9.17) is 5.73 Å². The summed E-state index contributed by atoms with van der Waals surface area (Å²) < 4.78 is 0. The van der Waals surface area contributed by atoms with E-state index in [-0.39, 0.29) is 11.3 Å². The van der Waals surface area contributed by atoms with Crippen LogP contribution >= 0.6 is 0 Å². The van der Waals surface area contributed by atoms with Gasteiger partial charge < -0.3 is 16.0 Å². The Morgan fingerprint density at radius 3 is 2.64 bits per heavy atom. The SMILES string of the molecule is CN(C)Cc1cccc(NC(=O)CC2(CN)CCCCC2)c1. The Hall–Kier alpha value is -1.39. The molecule has 1 fully saturated rings. The van der Waals surface area contributed by atoms with Gasteiger partial charge in [-0.05, 0) is 56.6 Å². The Morgan fingerprint density at radius 1 is 1.27 bits per heavy atom. The molecule has 1 aromatic carbocycles. The first-order valence-electron chi connectivity index (χ1n) is 8.27. The largest absolute Gasteiger partial charge is 0.330 e. The number of nitrogens with two attached hydrogens (primary N) is 1. The van der Waals surface area contributed by atoms with Crippen molar-refractivity contribution in [2.75, 3.05) is 26.0 Å². The number of benzene rings is 1. The monoisotopic (exact) mass is 303 g/mol. The van der Waals surface area contributed by atoms with Crippen LogP contribution in [0.5, 0.6) is 0 Å². The van der Waals surface area contributed by atoms with Crippen LogP contribution in [-0.2, 0) is 11.3 Å². The lowest BCUT2D eigenvalue weighted by Gasteiger charge is -2.35. The van der Waals surface area contributed by atoms with Gasteiger partial charge in [-0.15, -0.1) is 0 Å². The van der Waals surface area contributed by atoms with Crippen molar-refractivity contribution in [3.63, 3.8) is 0 Å². The Kier molecular flexibility index (Phi) is 5.98. The van der Waals surface area contributed by atoms with E-state index in [9.17, 15) is 4.79 Å². The summed E-state index contributed by atoms with van der Waals surface area (Å²) >= 11 is 0. The number of hydrogen-bond donors (Lipinski definition) is 2. The molecule has 0 heterocycles. The molecule has 1 aliphatic carbocycles. The Labute approximate surface area is 134 Å². The second-order valence-electron chi connectivity index (χ2n) is 6.93. The number of carbonyl (C=O) groups is 1. The molecule has 0 radical (unpaired) electrons. The van der Waals surface area contributed by atoms with Crippen LogP contribution in [0.1, 0.15) is 44.1 Å². The molecule has 0 bridgehead atoms. The normalized spacial score (nSPS) is 17.5. The summed E-state index contributed by atoms with van der Waals surface area (Å²) in [5.41, 5.74) is 8.08. The predicted molar refractivity (Wildman–Crippen MR) is 91.7 cm³/mol. The zero-order valence-electron chi connectivity index (χ0n) is 13.9. The molecule has 0 spiro atoms. The molecule has 0 saturated heterocycles. The maximum Gasteiger partial charge on any atom is 0.224 e. The summed E-state index contributed by atoms with van der Waals surface area (Å²) in [6, 6.07) is 8.08. The van der Waals surface area contributed by atoms with Crippen LogP contribution in [0.15, 0.2) is 24.3 Å². The van der Waals surface area contributed by atoms with E-state index in [2.05, 4.69) is 16.3 Å². The van der Waals surface area contributed by atoms with E-state index in [0.717, 1.165) is 25.1 Å². The second kappa shape index (κ2) is 7.75. The molecule has 3 N–H and O–H groups in total. The zero-order valence-corrected chi connectivity index (χ0v) is 13.9. The molecule has 1 aromatic rings. The lowest BCUT2D eigenvalue weighted by Crippen LogP contribution is -2.36. The lowest BCUT2D eigenvalue weighted by atomic mass is 9.71. The molecule has 0 aromatic heterocycles. The average Bonchev–Trinajstić information content (AvgIpc) is 2.47. The van der Waals surface area contributed by atoms with Crippen LogP contribution in [-0.4, -0.2) is 31.4 Å². The molecule has 4 nitrogen and oxygen atoms in total. The molecule has 0 aliphatic heterocycles. The summed E-state index contributed by atoms with van der Waals surface area (Å²) in [4.78, 5) is 14.5. The zero-order chi connectivity index (χ0) is 16.0. The number of amides is 1. The van der Waals surface area contributed by atoms with E-state index in [0.29, 0.717) is 13.0 Å². The highest BCUT2D eigenvalue weighted by atomic mass is 16.1. The van der Waals surface area contributed by atoms with Crippen LogP contribution in [0, 0.1) is 5.41 Å². The summed E-state index contributed by atoms with van der Waals surface area (Å²) in [5.74, 6) is 0.0920. The van der Waals surface area contributed by atoms with Crippen molar-refractivity contribution >= 4 is 11.6 Å². The third-order valence-electron chi connectivity index (χ3n) is 4.59. The van der Waals surface area contributed by atoms with Gasteiger partial charge in [0.25, 0.3) is 0 Å². The van der Waals surface area contributed by atoms with Gasteiger partial charge in [0.15, 0.2) is 0 Å². The standard InChI is InChI=1S/C18H29N3O/c1-21(2)13-15-7-6-8-16(11-15)20-17(22)12-18(14-19)9-4-3-5-10-18/h6-8,11H,3-5,9-10,12-14,19H2,1-2H3,(H,20,22). The molecule has 1 saturated carbocycles. The van der Waals surface area contributed by atoms with Gasteiger partial charge >= 0.3 is 0 Å². The molecule has 0 unspecified atom stereocenters. The van der Waals surface area contributed by atoms with Gasteiger partial charge in [0.2, 0.25) is 5.91 Å². The van der Waals surface area contributed by atoms with Crippen LogP contribution in [0.2, 0.25) is 0 Å². The minimum Gasteiger partial charge on any atom is -0.330 e. The first-order chi connectivity index (χ1) is 10.5. The quantitative estimate of drug-likeness (QED) is 0.849. The topological polar surface area (TPSA) is 58.4 Å². The fourth-order valence-corrected chi connectivity index (χ4v) is 3.41. The minimum atomic E-state index is 0.0174. The van der Waals surface area contributed by atoms with Crippen molar-refractivity contribution in [3.8, 4) is 0 Å². The molecule has 122 valence electrons. The van der Waals surface area contributed by atoms with Crippen LogP contribution in [0.25, 0.3) is 0 Å².